The predicted molar refractivity (Wildman–Crippen MR) is 137 cm³/mol. The van der Waals surface area contributed by atoms with E-state index in [9.17, 15) is 14.4 Å². The first-order valence-electron chi connectivity index (χ1n) is 12.6. The van der Waals surface area contributed by atoms with Gasteiger partial charge in [0.25, 0.3) is 0 Å². The van der Waals surface area contributed by atoms with Gasteiger partial charge in [-0.2, -0.15) is 0 Å². The van der Waals surface area contributed by atoms with Gasteiger partial charge in [-0.3, -0.25) is 9.59 Å². The molecule has 2 heterocycles. The van der Waals surface area contributed by atoms with Crippen LogP contribution in [-0.4, -0.2) is 55.0 Å². The number of anilines is 2. The molecule has 2 aromatic carbocycles. The number of carbonyl (C=O) groups excluding carboxylic acids is 3. The van der Waals surface area contributed by atoms with Crippen molar-refractivity contribution in [2.75, 3.05) is 36.0 Å². The Hall–Kier alpha value is -3.35. The zero-order chi connectivity index (χ0) is 24.7. The smallest absolute Gasteiger partial charge is 0.328 e. The molecule has 1 aliphatic carbocycles. The zero-order valence-corrected chi connectivity index (χ0v) is 20.8. The summed E-state index contributed by atoms with van der Waals surface area (Å²) in [6.07, 6.45) is 1.82. The van der Waals surface area contributed by atoms with Crippen molar-refractivity contribution in [3.05, 3.63) is 59.2 Å². The maximum absolute atomic E-state index is 13.4. The minimum absolute atomic E-state index is 0.150. The number of aryl methyl sites for hydroxylation is 3. The number of imide groups is 1. The Balaban J connectivity index is 1.20. The summed E-state index contributed by atoms with van der Waals surface area (Å²) in [6.45, 7) is 9.23. The lowest BCUT2D eigenvalue weighted by Crippen LogP contribution is -2.62. The molecule has 0 spiro atoms. The third kappa shape index (κ3) is 4.51. The Bertz CT molecular complexity index is 1140. The molecule has 3 atom stereocenters. The first-order chi connectivity index (χ1) is 16.8. The van der Waals surface area contributed by atoms with Gasteiger partial charge in [0.2, 0.25) is 11.8 Å². The molecular formula is C28H34N4O3. The lowest BCUT2D eigenvalue weighted by molar-refractivity contribution is -0.139. The van der Waals surface area contributed by atoms with Gasteiger partial charge in [0.05, 0.1) is 11.6 Å². The summed E-state index contributed by atoms with van der Waals surface area (Å²) in [6, 6.07) is 13.2. The lowest BCUT2D eigenvalue weighted by Gasteiger charge is -2.43. The molecule has 2 saturated heterocycles. The van der Waals surface area contributed by atoms with E-state index in [0.717, 1.165) is 18.7 Å². The van der Waals surface area contributed by atoms with Crippen molar-refractivity contribution < 1.29 is 14.4 Å². The van der Waals surface area contributed by atoms with E-state index in [2.05, 4.69) is 42.3 Å². The highest BCUT2D eigenvalue weighted by molar-refractivity contribution is 6.17. The highest BCUT2D eigenvalue weighted by Gasteiger charge is 2.46. The van der Waals surface area contributed by atoms with Crippen LogP contribution in [0, 0.1) is 32.6 Å². The second-order valence-electron chi connectivity index (χ2n) is 10.3. The van der Waals surface area contributed by atoms with Crippen LogP contribution in [-0.2, 0) is 9.59 Å². The Morgan fingerprint density at radius 2 is 1.57 bits per heavy atom. The number of piperazine rings is 1. The molecule has 2 aromatic rings. The van der Waals surface area contributed by atoms with E-state index in [1.54, 1.807) is 12.1 Å². The van der Waals surface area contributed by atoms with E-state index in [-0.39, 0.29) is 29.7 Å². The number of nitrogens with zero attached hydrogens (tertiary/aromatic N) is 3. The van der Waals surface area contributed by atoms with Crippen LogP contribution >= 0.6 is 0 Å². The van der Waals surface area contributed by atoms with Crippen LogP contribution in [0.25, 0.3) is 0 Å². The molecule has 0 radical (unpaired) electrons. The molecule has 3 unspecified atom stereocenters. The quantitative estimate of drug-likeness (QED) is 0.735. The molecule has 35 heavy (non-hydrogen) atoms. The van der Waals surface area contributed by atoms with Crippen LogP contribution in [0.1, 0.15) is 36.0 Å². The molecule has 1 saturated carbocycles. The zero-order valence-electron chi connectivity index (χ0n) is 20.8. The first kappa shape index (κ1) is 23.4. The lowest BCUT2D eigenvalue weighted by atomic mass is 9.76. The fraction of sp³-hybridized carbons (Fsp3) is 0.464. The molecule has 3 aliphatic rings. The van der Waals surface area contributed by atoms with Crippen LogP contribution in [0.5, 0.6) is 0 Å². The fourth-order valence-corrected chi connectivity index (χ4v) is 5.76. The van der Waals surface area contributed by atoms with Gasteiger partial charge in [-0.25, -0.2) is 9.69 Å². The molecule has 4 amide bonds. The van der Waals surface area contributed by atoms with E-state index in [1.165, 1.54) is 21.7 Å². The molecular weight excluding hydrogens is 440 g/mol. The summed E-state index contributed by atoms with van der Waals surface area (Å²) in [4.78, 5) is 45.0. The summed E-state index contributed by atoms with van der Waals surface area (Å²) in [7, 11) is 0. The summed E-state index contributed by atoms with van der Waals surface area (Å²) in [5, 5.41) is 3.03. The number of rotatable bonds is 3. The number of nitrogens with one attached hydrogen (secondary N) is 1. The molecule has 7 heteroatoms. The highest BCUT2D eigenvalue weighted by Crippen LogP contribution is 2.36. The number of urea groups is 1. The SMILES string of the molecule is Cc1ccc(N2C(=O)NC3CC(C(=O)N4CCN(c5cc(C)ccc5C)CC4)CCC3C2=O)cc1. The van der Waals surface area contributed by atoms with Gasteiger partial charge in [-0.15, -0.1) is 0 Å². The van der Waals surface area contributed by atoms with Gasteiger partial charge >= 0.3 is 6.03 Å². The van der Waals surface area contributed by atoms with E-state index in [4.69, 9.17) is 0 Å². The topological polar surface area (TPSA) is 73.0 Å². The first-order valence-corrected chi connectivity index (χ1v) is 12.6. The number of hydrogen-bond acceptors (Lipinski definition) is 4. The standard InChI is InChI=1S/C28H34N4O3/c1-18-5-9-22(10-6-18)32-27(34)23-11-8-21(17-24(23)29-28(32)35)26(33)31-14-12-30(13-15-31)25-16-19(2)4-7-20(25)3/h4-7,9-10,16,21,23-24H,8,11-15,17H2,1-3H3,(H,29,35). The number of carbonyl (C=O) groups is 3. The second kappa shape index (κ2) is 9.36. The average Bonchev–Trinajstić information content (AvgIpc) is 2.86. The molecule has 3 fully saturated rings. The summed E-state index contributed by atoms with van der Waals surface area (Å²) < 4.78 is 0. The van der Waals surface area contributed by atoms with Crippen molar-refractivity contribution in [3.63, 3.8) is 0 Å². The van der Waals surface area contributed by atoms with Gasteiger partial charge in [0.15, 0.2) is 0 Å². The molecule has 0 bridgehead atoms. The Morgan fingerprint density at radius 1 is 0.886 bits per heavy atom. The summed E-state index contributed by atoms with van der Waals surface area (Å²) in [5.41, 5.74) is 5.41. The van der Waals surface area contributed by atoms with Crippen molar-refractivity contribution in [3.8, 4) is 0 Å². The Morgan fingerprint density at radius 3 is 2.29 bits per heavy atom. The highest BCUT2D eigenvalue weighted by atomic mass is 16.2. The maximum Gasteiger partial charge on any atom is 0.328 e. The minimum Gasteiger partial charge on any atom is -0.368 e. The fourth-order valence-electron chi connectivity index (χ4n) is 5.76. The Kier molecular flexibility index (Phi) is 6.26. The summed E-state index contributed by atoms with van der Waals surface area (Å²) in [5.74, 6) is -0.427. The van der Waals surface area contributed by atoms with Crippen LogP contribution in [0.2, 0.25) is 0 Å². The van der Waals surface area contributed by atoms with Crippen molar-refractivity contribution in [2.45, 2.75) is 46.1 Å². The monoisotopic (exact) mass is 474 g/mol. The maximum atomic E-state index is 13.4. The third-order valence-electron chi connectivity index (χ3n) is 7.84. The minimum atomic E-state index is -0.393. The van der Waals surface area contributed by atoms with Crippen molar-refractivity contribution in [1.29, 1.82) is 0 Å². The van der Waals surface area contributed by atoms with Crippen LogP contribution in [0.15, 0.2) is 42.5 Å². The van der Waals surface area contributed by atoms with Crippen molar-refractivity contribution >= 4 is 29.2 Å². The molecule has 184 valence electrons. The number of hydrogen-bond donors (Lipinski definition) is 1. The van der Waals surface area contributed by atoms with Gasteiger partial charge in [0.1, 0.15) is 0 Å². The summed E-state index contributed by atoms with van der Waals surface area (Å²) >= 11 is 0. The van der Waals surface area contributed by atoms with Gasteiger partial charge in [-0.1, -0.05) is 29.8 Å². The average molecular weight is 475 g/mol. The predicted octanol–water partition coefficient (Wildman–Crippen LogP) is 3.80. The number of fused-ring (bicyclic) bond motifs is 1. The van der Waals surface area contributed by atoms with E-state index < -0.39 is 6.03 Å². The van der Waals surface area contributed by atoms with E-state index in [0.29, 0.717) is 38.0 Å². The molecule has 0 aromatic heterocycles. The third-order valence-corrected chi connectivity index (χ3v) is 7.84. The molecule has 2 aliphatic heterocycles. The molecule has 7 nitrogen and oxygen atoms in total. The van der Waals surface area contributed by atoms with E-state index >= 15 is 0 Å². The van der Waals surface area contributed by atoms with Crippen molar-refractivity contribution in [2.24, 2.45) is 11.8 Å². The molecule has 1 N–H and O–H groups in total. The normalized spacial score (nSPS) is 24.8. The molecule has 5 rings (SSSR count). The van der Waals surface area contributed by atoms with Gasteiger partial charge in [-0.05, 0) is 69.4 Å². The second-order valence-corrected chi connectivity index (χ2v) is 10.3. The Labute approximate surface area is 207 Å². The number of benzene rings is 2. The van der Waals surface area contributed by atoms with Crippen LogP contribution in [0.3, 0.4) is 0 Å². The largest absolute Gasteiger partial charge is 0.368 e. The van der Waals surface area contributed by atoms with Gasteiger partial charge in [0, 0.05) is 43.8 Å². The van der Waals surface area contributed by atoms with Crippen molar-refractivity contribution in [1.82, 2.24) is 10.2 Å². The number of amides is 4. The van der Waals surface area contributed by atoms with Crippen LogP contribution < -0.4 is 15.1 Å². The van der Waals surface area contributed by atoms with E-state index in [1.807, 2.05) is 24.0 Å². The van der Waals surface area contributed by atoms with Crippen LogP contribution in [0.4, 0.5) is 16.2 Å². The van der Waals surface area contributed by atoms with Gasteiger partial charge < -0.3 is 15.1 Å².